The summed E-state index contributed by atoms with van der Waals surface area (Å²) >= 11 is 0. The minimum atomic E-state index is -1.07. The van der Waals surface area contributed by atoms with Crippen molar-refractivity contribution < 1.29 is 14.7 Å². The van der Waals surface area contributed by atoms with Crippen molar-refractivity contribution >= 4 is 11.9 Å². The molecule has 3 N–H and O–H groups in total. The maximum atomic E-state index is 11.2. The third-order valence-electron chi connectivity index (χ3n) is 2.54. The summed E-state index contributed by atoms with van der Waals surface area (Å²) in [6.07, 6.45) is 1.40. The molecule has 6 nitrogen and oxygen atoms in total. The largest absolute Gasteiger partial charge is 0.477 e. The molecule has 0 aliphatic carbocycles. The highest BCUT2D eigenvalue weighted by atomic mass is 16.4. The molecule has 0 aliphatic heterocycles. The molecule has 0 saturated carbocycles. The molecule has 0 unspecified atom stereocenters. The Bertz CT molecular complexity index is 604. The quantitative estimate of drug-likeness (QED) is 0.829. The molecule has 0 radical (unpaired) electrons. The lowest BCUT2D eigenvalue weighted by atomic mass is 10.1. The van der Waals surface area contributed by atoms with Crippen molar-refractivity contribution in [2.45, 2.75) is 6.54 Å². The molecule has 6 heteroatoms. The van der Waals surface area contributed by atoms with Crippen LogP contribution in [0.2, 0.25) is 0 Å². The van der Waals surface area contributed by atoms with Gasteiger partial charge in [0.2, 0.25) is 5.91 Å². The van der Waals surface area contributed by atoms with E-state index in [4.69, 9.17) is 10.8 Å². The van der Waals surface area contributed by atoms with E-state index in [1.165, 1.54) is 16.9 Å². The molecule has 1 aromatic heterocycles. The average molecular weight is 245 g/mol. The fourth-order valence-corrected chi connectivity index (χ4v) is 1.70. The standard InChI is InChI=1S/C12H11N3O3/c13-11(16)9-4-2-1-3-8(9)7-15-10(12(17)18)5-6-14-15/h1-6H,7H2,(H2,13,16)(H,17,18). The van der Waals surface area contributed by atoms with Crippen LogP contribution in [0.15, 0.2) is 36.5 Å². The number of nitrogens with zero attached hydrogens (tertiary/aromatic N) is 2. The van der Waals surface area contributed by atoms with Gasteiger partial charge in [0.05, 0.1) is 6.54 Å². The maximum absolute atomic E-state index is 11.2. The highest BCUT2D eigenvalue weighted by Gasteiger charge is 2.13. The van der Waals surface area contributed by atoms with E-state index in [-0.39, 0.29) is 12.2 Å². The summed E-state index contributed by atoms with van der Waals surface area (Å²) in [5, 5.41) is 12.9. The molecule has 1 amide bonds. The molecular weight excluding hydrogens is 234 g/mol. The van der Waals surface area contributed by atoms with Crippen LogP contribution < -0.4 is 5.73 Å². The summed E-state index contributed by atoms with van der Waals surface area (Å²) in [7, 11) is 0. The predicted octanol–water partition coefficient (Wildman–Crippen LogP) is 0.728. The van der Waals surface area contributed by atoms with Gasteiger partial charge in [-0.15, -0.1) is 0 Å². The van der Waals surface area contributed by atoms with Gasteiger partial charge in [-0.1, -0.05) is 18.2 Å². The Morgan fingerprint density at radius 3 is 2.67 bits per heavy atom. The molecule has 0 fully saturated rings. The smallest absolute Gasteiger partial charge is 0.354 e. The highest BCUT2D eigenvalue weighted by molar-refractivity contribution is 5.94. The fourth-order valence-electron chi connectivity index (χ4n) is 1.70. The van der Waals surface area contributed by atoms with Crippen molar-refractivity contribution in [2.24, 2.45) is 5.73 Å². The van der Waals surface area contributed by atoms with E-state index in [0.29, 0.717) is 11.1 Å². The van der Waals surface area contributed by atoms with Crippen LogP contribution >= 0.6 is 0 Å². The number of hydrogen-bond donors (Lipinski definition) is 2. The zero-order chi connectivity index (χ0) is 13.1. The number of hydrogen-bond acceptors (Lipinski definition) is 3. The van der Waals surface area contributed by atoms with Crippen molar-refractivity contribution in [3.8, 4) is 0 Å². The Labute approximate surface area is 103 Å². The second-order valence-corrected chi connectivity index (χ2v) is 3.70. The number of amides is 1. The van der Waals surface area contributed by atoms with E-state index in [1.54, 1.807) is 24.3 Å². The number of carbonyl (C=O) groups excluding carboxylic acids is 1. The van der Waals surface area contributed by atoms with E-state index in [2.05, 4.69) is 5.10 Å². The summed E-state index contributed by atoms with van der Waals surface area (Å²) in [6.45, 7) is 0.188. The third-order valence-corrected chi connectivity index (χ3v) is 2.54. The van der Waals surface area contributed by atoms with Crippen LogP contribution in [0, 0.1) is 0 Å². The Morgan fingerprint density at radius 2 is 2.00 bits per heavy atom. The summed E-state index contributed by atoms with van der Waals surface area (Å²) in [5.74, 6) is -1.61. The molecule has 1 heterocycles. The number of aromatic nitrogens is 2. The summed E-state index contributed by atoms with van der Waals surface area (Å²) in [4.78, 5) is 22.2. The minimum absolute atomic E-state index is 0.0641. The van der Waals surface area contributed by atoms with Crippen molar-refractivity contribution in [1.82, 2.24) is 9.78 Å². The number of rotatable bonds is 4. The topological polar surface area (TPSA) is 98.2 Å². The van der Waals surface area contributed by atoms with E-state index < -0.39 is 11.9 Å². The van der Waals surface area contributed by atoms with Gasteiger partial charge in [-0.3, -0.25) is 9.48 Å². The lowest BCUT2D eigenvalue weighted by molar-refractivity contribution is 0.0684. The summed E-state index contributed by atoms with van der Waals surface area (Å²) in [5.41, 5.74) is 6.32. The average Bonchev–Trinajstić information content (AvgIpc) is 2.77. The molecule has 0 saturated heterocycles. The van der Waals surface area contributed by atoms with Crippen LogP contribution in [0.4, 0.5) is 0 Å². The van der Waals surface area contributed by atoms with E-state index in [0.717, 1.165) is 0 Å². The van der Waals surface area contributed by atoms with Crippen LogP contribution in [0.3, 0.4) is 0 Å². The number of carboxylic acid groups (broad SMARTS) is 1. The number of aromatic carboxylic acids is 1. The second-order valence-electron chi connectivity index (χ2n) is 3.70. The lowest BCUT2D eigenvalue weighted by Crippen LogP contribution is -2.17. The summed E-state index contributed by atoms with van der Waals surface area (Å²) in [6, 6.07) is 8.17. The molecule has 92 valence electrons. The Balaban J connectivity index is 2.37. The van der Waals surface area contributed by atoms with Gasteiger partial charge < -0.3 is 10.8 Å². The molecular formula is C12H11N3O3. The van der Waals surface area contributed by atoms with Gasteiger partial charge in [0.1, 0.15) is 5.69 Å². The number of primary amides is 1. The Morgan fingerprint density at radius 1 is 1.28 bits per heavy atom. The first-order valence-corrected chi connectivity index (χ1v) is 5.22. The van der Waals surface area contributed by atoms with Gasteiger partial charge in [0.25, 0.3) is 0 Å². The zero-order valence-electron chi connectivity index (χ0n) is 9.41. The third kappa shape index (κ3) is 2.22. The molecule has 2 aromatic rings. The van der Waals surface area contributed by atoms with E-state index in [1.807, 2.05) is 0 Å². The first-order valence-electron chi connectivity index (χ1n) is 5.22. The van der Waals surface area contributed by atoms with Crippen molar-refractivity contribution in [1.29, 1.82) is 0 Å². The monoisotopic (exact) mass is 245 g/mol. The highest BCUT2D eigenvalue weighted by Crippen LogP contribution is 2.11. The van der Waals surface area contributed by atoms with Gasteiger partial charge >= 0.3 is 5.97 Å². The predicted molar refractivity (Wildman–Crippen MR) is 63.2 cm³/mol. The van der Waals surface area contributed by atoms with E-state index >= 15 is 0 Å². The van der Waals surface area contributed by atoms with Crippen LogP contribution in [-0.2, 0) is 6.54 Å². The SMILES string of the molecule is NC(=O)c1ccccc1Cn1nccc1C(=O)O. The van der Waals surface area contributed by atoms with Crippen molar-refractivity contribution in [2.75, 3.05) is 0 Å². The first kappa shape index (κ1) is 11.8. The minimum Gasteiger partial charge on any atom is -0.477 e. The van der Waals surface area contributed by atoms with Crippen LogP contribution in [-0.4, -0.2) is 26.8 Å². The van der Waals surface area contributed by atoms with Crippen molar-refractivity contribution in [3.05, 3.63) is 53.3 Å². The summed E-state index contributed by atoms with van der Waals surface area (Å²) < 4.78 is 1.31. The van der Waals surface area contributed by atoms with Gasteiger partial charge in [0.15, 0.2) is 0 Å². The first-order chi connectivity index (χ1) is 8.59. The van der Waals surface area contributed by atoms with Gasteiger partial charge in [-0.05, 0) is 17.7 Å². The molecule has 2 rings (SSSR count). The number of nitrogens with two attached hydrogens (primary N) is 1. The normalized spacial score (nSPS) is 10.2. The molecule has 1 aromatic carbocycles. The van der Waals surface area contributed by atoms with Crippen molar-refractivity contribution in [3.63, 3.8) is 0 Å². The number of benzene rings is 1. The van der Waals surface area contributed by atoms with Crippen LogP contribution in [0.1, 0.15) is 26.4 Å². The molecule has 18 heavy (non-hydrogen) atoms. The van der Waals surface area contributed by atoms with Gasteiger partial charge in [-0.2, -0.15) is 5.10 Å². The molecule has 0 bridgehead atoms. The number of carbonyl (C=O) groups is 2. The van der Waals surface area contributed by atoms with E-state index in [9.17, 15) is 9.59 Å². The van der Waals surface area contributed by atoms with Crippen LogP contribution in [0.5, 0.6) is 0 Å². The molecule has 0 atom stereocenters. The Kier molecular flexibility index (Phi) is 3.09. The lowest BCUT2D eigenvalue weighted by Gasteiger charge is -2.08. The molecule has 0 aliphatic rings. The second kappa shape index (κ2) is 4.70. The fraction of sp³-hybridized carbons (Fsp3) is 0.0833. The molecule has 0 spiro atoms. The maximum Gasteiger partial charge on any atom is 0.354 e. The zero-order valence-corrected chi connectivity index (χ0v) is 9.41. The van der Waals surface area contributed by atoms with Gasteiger partial charge in [-0.25, -0.2) is 4.79 Å². The Hall–Kier alpha value is -2.63. The van der Waals surface area contributed by atoms with Crippen LogP contribution in [0.25, 0.3) is 0 Å². The van der Waals surface area contributed by atoms with Gasteiger partial charge in [0, 0.05) is 11.8 Å². The number of carboxylic acids is 1.